The Morgan fingerprint density at radius 2 is 2.04 bits per heavy atom. The molecule has 0 bridgehead atoms. The molecule has 3 aromatic rings. The van der Waals surface area contributed by atoms with E-state index < -0.39 is 0 Å². The summed E-state index contributed by atoms with van der Waals surface area (Å²) in [5, 5.41) is 7.57. The normalized spacial score (nSPS) is 13.9. The van der Waals surface area contributed by atoms with Gasteiger partial charge in [0, 0.05) is 24.8 Å². The van der Waals surface area contributed by atoms with E-state index in [-0.39, 0.29) is 5.69 Å². The van der Waals surface area contributed by atoms with E-state index >= 15 is 0 Å². The quantitative estimate of drug-likeness (QED) is 0.740. The number of thiazole rings is 1. The molecule has 1 aromatic carbocycles. The van der Waals surface area contributed by atoms with Crippen molar-refractivity contribution in [1.82, 2.24) is 19.3 Å². The second kappa shape index (κ2) is 6.12. The van der Waals surface area contributed by atoms with Gasteiger partial charge in [0.15, 0.2) is 0 Å². The van der Waals surface area contributed by atoms with Gasteiger partial charge in [-0.1, -0.05) is 30.3 Å². The van der Waals surface area contributed by atoms with Crippen molar-refractivity contribution in [3.8, 4) is 0 Å². The summed E-state index contributed by atoms with van der Waals surface area (Å²) in [5.41, 5.74) is 2.17. The van der Waals surface area contributed by atoms with Gasteiger partial charge in [0.1, 0.15) is 5.82 Å². The maximum atomic E-state index is 12.4. The third-order valence-corrected chi connectivity index (χ3v) is 5.04. The molecular formula is C17H18N4OS. The van der Waals surface area contributed by atoms with E-state index in [0.717, 1.165) is 48.8 Å². The number of hydrogen-bond acceptors (Lipinski definition) is 4. The predicted molar refractivity (Wildman–Crippen MR) is 89.9 cm³/mol. The van der Waals surface area contributed by atoms with E-state index in [1.54, 1.807) is 20.6 Å². The molecule has 2 aromatic heterocycles. The second-order valence-electron chi connectivity index (χ2n) is 5.86. The molecule has 0 amide bonds. The van der Waals surface area contributed by atoms with Crippen LogP contribution in [0.3, 0.4) is 0 Å². The smallest absolute Gasteiger partial charge is 0.279 e. The fraction of sp³-hybridized carbons (Fsp3) is 0.353. The van der Waals surface area contributed by atoms with E-state index in [2.05, 4.69) is 22.2 Å². The number of aryl methyl sites for hydroxylation is 1. The Kier molecular flexibility index (Phi) is 3.83. The van der Waals surface area contributed by atoms with Crippen molar-refractivity contribution in [2.75, 3.05) is 0 Å². The molecule has 0 saturated heterocycles. The Balaban J connectivity index is 1.52. The minimum Gasteiger partial charge on any atom is -0.279 e. The highest BCUT2D eigenvalue weighted by atomic mass is 32.1. The maximum Gasteiger partial charge on any atom is 0.346 e. The van der Waals surface area contributed by atoms with Crippen LogP contribution in [0, 0.1) is 0 Å². The van der Waals surface area contributed by atoms with Crippen molar-refractivity contribution in [2.45, 2.75) is 38.8 Å². The third kappa shape index (κ3) is 2.99. The van der Waals surface area contributed by atoms with Gasteiger partial charge in [-0.3, -0.25) is 4.57 Å². The minimum atomic E-state index is -0.00249. The van der Waals surface area contributed by atoms with Crippen LogP contribution < -0.4 is 5.69 Å². The summed E-state index contributed by atoms with van der Waals surface area (Å²) in [6, 6.07) is 10.3. The first-order valence-corrected chi connectivity index (χ1v) is 8.81. The van der Waals surface area contributed by atoms with Crippen molar-refractivity contribution >= 4 is 11.3 Å². The first-order valence-electron chi connectivity index (χ1n) is 7.93. The van der Waals surface area contributed by atoms with Crippen LogP contribution in [0.15, 0.2) is 40.5 Å². The molecule has 0 aliphatic carbocycles. The van der Waals surface area contributed by atoms with Gasteiger partial charge >= 0.3 is 5.69 Å². The molecule has 0 atom stereocenters. The summed E-state index contributed by atoms with van der Waals surface area (Å²) in [6.07, 6.45) is 3.92. The number of rotatable bonds is 4. The first-order chi connectivity index (χ1) is 11.3. The molecule has 0 N–H and O–H groups in total. The lowest BCUT2D eigenvalue weighted by molar-refractivity contribution is 0.511. The van der Waals surface area contributed by atoms with Crippen LogP contribution in [0.25, 0.3) is 0 Å². The Morgan fingerprint density at radius 3 is 2.87 bits per heavy atom. The molecule has 0 fully saturated rings. The van der Waals surface area contributed by atoms with Gasteiger partial charge in [0.25, 0.3) is 0 Å². The topological polar surface area (TPSA) is 52.7 Å². The SMILES string of the molecule is O=c1n(Cc2csc(Cc3ccccc3)n2)nc2n1CCCC2. The van der Waals surface area contributed by atoms with Gasteiger partial charge < -0.3 is 0 Å². The van der Waals surface area contributed by atoms with Crippen LogP contribution in [0.2, 0.25) is 0 Å². The number of nitrogens with zero attached hydrogens (tertiary/aromatic N) is 4. The number of aromatic nitrogens is 4. The zero-order valence-electron chi connectivity index (χ0n) is 12.8. The molecule has 4 rings (SSSR count). The van der Waals surface area contributed by atoms with E-state index in [4.69, 9.17) is 0 Å². The van der Waals surface area contributed by atoms with Crippen LogP contribution in [-0.2, 0) is 25.9 Å². The predicted octanol–water partition coefficient (Wildman–Crippen LogP) is 2.48. The van der Waals surface area contributed by atoms with Gasteiger partial charge in [0.2, 0.25) is 0 Å². The van der Waals surface area contributed by atoms with Crippen LogP contribution in [-0.4, -0.2) is 19.3 Å². The molecule has 5 nitrogen and oxygen atoms in total. The van der Waals surface area contributed by atoms with Crippen LogP contribution in [0.4, 0.5) is 0 Å². The van der Waals surface area contributed by atoms with Gasteiger partial charge in [-0.25, -0.2) is 14.5 Å². The number of benzene rings is 1. The largest absolute Gasteiger partial charge is 0.346 e. The fourth-order valence-electron chi connectivity index (χ4n) is 2.98. The Labute approximate surface area is 138 Å². The van der Waals surface area contributed by atoms with Crippen LogP contribution in [0.1, 0.15) is 34.9 Å². The summed E-state index contributed by atoms with van der Waals surface area (Å²) < 4.78 is 3.36. The van der Waals surface area contributed by atoms with Crippen molar-refractivity contribution in [3.05, 3.63) is 68.3 Å². The summed E-state index contributed by atoms with van der Waals surface area (Å²) >= 11 is 1.64. The molecule has 1 aliphatic heterocycles. The van der Waals surface area contributed by atoms with Gasteiger partial charge in [0.05, 0.1) is 17.2 Å². The fourth-order valence-corrected chi connectivity index (χ4v) is 3.80. The Morgan fingerprint density at radius 1 is 1.17 bits per heavy atom. The Bertz CT molecular complexity index is 862. The number of fused-ring (bicyclic) bond motifs is 1. The molecule has 0 radical (unpaired) electrons. The molecule has 0 unspecified atom stereocenters. The van der Waals surface area contributed by atoms with E-state index in [1.807, 2.05) is 23.6 Å². The number of hydrogen-bond donors (Lipinski definition) is 0. The molecule has 23 heavy (non-hydrogen) atoms. The van der Waals surface area contributed by atoms with E-state index in [1.165, 1.54) is 5.56 Å². The lowest BCUT2D eigenvalue weighted by Crippen LogP contribution is -2.27. The van der Waals surface area contributed by atoms with Gasteiger partial charge in [-0.15, -0.1) is 11.3 Å². The molecule has 0 spiro atoms. The average Bonchev–Trinajstić information content (AvgIpc) is 3.14. The zero-order valence-corrected chi connectivity index (χ0v) is 13.6. The second-order valence-corrected chi connectivity index (χ2v) is 6.80. The van der Waals surface area contributed by atoms with E-state index in [0.29, 0.717) is 6.54 Å². The average molecular weight is 326 g/mol. The highest BCUT2D eigenvalue weighted by Gasteiger charge is 2.17. The lowest BCUT2D eigenvalue weighted by atomic mass is 10.2. The molecular weight excluding hydrogens is 308 g/mol. The summed E-state index contributed by atoms with van der Waals surface area (Å²) in [7, 11) is 0. The third-order valence-electron chi connectivity index (χ3n) is 4.14. The molecule has 1 aliphatic rings. The Hall–Kier alpha value is -2.21. The zero-order chi connectivity index (χ0) is 15.6. The monoisotopic (exact) mass is 326 g/mol. The lowest BCUT2D eigenvalue weighted by Gasteiger charge is -2.09. The summed E-state index contributed by atoms with van der Waals surface area (Å²) in [6.45, 7) is 1.26. The van der Waals surface area contributed by atoms with Crippen LogP contribution in [0.5, 0.6) is 0 Å². The molecule has 6 heteroatoms. The van der Waals surface area contributed by atoms with Crippen molar-refractivity contribution in [3.63, 3.8) is 0 Å². The molecule has 118 valence electrons. The molecule has 3 heterocycles. The van der Waals surface area contributed by atoms with Crippen molar-refractivity contribution in [1.29, 1.82) is 0 Å². The maximum absolute atomic E-state index is 12.4. The van der Waals surface area contributed by atoms with Gasteiger partial charge in [-0.05, 0) is 18.4 Å². The van der Waals surface area contributed by atoms with Crippen LogP contribution >= 0.6 is 11.3 Å². The minimum absolute atomic E-state index is 0.00249. The van der Waals surface area contributed by atoms with Gasteiger partial charge in [-0.2, -0.15) is 5.10 Å². The highest BCUT2D eigenvalue weighted by Crippen LogP contribution is 2.16. The summed E-state index contributed by atoms with van der Waals surface area (Å²) in [5.74, 6) is 0.918. The van der Waals surface area contributed by atoms with Crippen molar-refractivity contribution < 1.29 is 0 Å². The van der Waals surface area contributed by atoms with E-state index in [9.17, 15) is 4.79 Å². The summed E-state index contributed by atoms with van der Waals surface area (Å²) in [4.78, 5) is 17.0. The highest BCUT2D eigenvalue weighted by molar-refractivity contribution is 7.09. The van der Waals surface area contributed by atoms with Crippen molar-refractivity contribution in [2.24, 2.45) is 0 Å². The molecule has 0 saturated carbocycles. The standard InChI is InChI=1S/C17H18N4OS/c22-17-20-9-5-4-8-15(20)19-21(17)11-14-12-23-16(18-14)10-13-6-2-1-3-7-13/h1-3,6-7,12H,4-5,8-11H2. The first kappa shape index (κ1) is 14.4.